The van der Waals surface area contributed by atoms with Crippen molar-refractivity contribution < 1.29 is 0 Å². The first kappa shape index (κ1) is 19.6. The molecule has 130 valence electrons. The number of hydrogen-bond donors (Lipinski definition) is 0. The molecule has 0 saturated carbocycles. The van der Waals surface area contributed by atoms with E-state index in [4.69, 9.17) is 11.6 Å². The van der Waals surface area contributed by atoms with Gasteiger partial charge in [0, 0.05) is 18.1 Å². The molecular weight excluding hydrogens is 566 g/mol. The van der Waals surface area contributed by atoms with Crippen molar-refractivity contribution in [2.24, 2.45) is 0 Å². The number of hydrogen-bond acceptors (Lipinski definition) is 0. The van der Waals surface area contributed by atoms with Gasteiger partial charge >= 0.3 is 0 Å². The summed E-state index contributed by atoms with van der Waals surface area (Å²) in [6.07, 6.45) is 4.61. The highest BCUT2D eigenvalue weighted by Gasteiger charge is 2.10. The third-order valence-electron chi connectivity index (χ3n) is 4.01. The quantitative estimate of drug-likeness (QED) is 0.265. The summed E-state index contributed by atoms with van der Waals surface area (Å²) in [5.41, 5.74) is 3.69. The Morgan fingerprint density at radius 3 is 1.50 bits per heavy atom. The van der Waals surface area contributed by atoms with Crippen LogP contribution in [0.3, 0.4) is 0 Å². The summed E-state index contributed by atoms with van der Waals surface area (Å²) in [5.74, 6) is 0.173. The molecule has 0 spiro atoms. The van der Waals surface area contributed by atoms with Gasteiger partial charge in [0.1, 0.15) is 0 Å². The molecule has 0 bridgehead atoms. The monoisotopic (exact) mass is 582 g/mol. The first-order valence-corrected chi connectivity index (χ1v) is 10.8. The summed E-state index contributed by atoms with van der Waals surface area (Å²) >= 11 is 10.9. The second kappa shape index (κ2) is 9.72. The minimum atomic E-state index is 0.173. The molecule has 3 rings (SSSR count). The fourth-order valence-electron chi connectivity index (χ4n) is 2.63. The van der Waals surface area contributed by atoms with Crippen molar-refractivity contribution in [1.82, 2.24) is 0 Å². The third-order valence-corrected chi connectivity index (χ3v) is 6.22. The van der Waals surface area contributed by atoms with Crippen molar-refractivity contribution in [2.75, 3.05) is 0 Å². The Labute approximate surface area is 187 Å². The van der Waals surface area contributed by atoms with Crippen LogP contribution in [-0.2, 0) is 0 Å². The van der Waals surface area contributed by atoms with E-state index in [1.807, 2.05) is 24.3 Å². The molecule has 0 radical (unpaired) electrons. The lowest BCUT2D eigenvalue weighted by Gasteiger charge is -2.12. The van der Waals surface area contributed by atoms with Crippen LogP contribution in [0.25, 0.3) is 7.16 Å². The molecule has 0 aliphatic heterocycles. The third kappa shape index (κ3) is 5.44. The molecule has 0 aliphatic carbocycles. The predicted octanol–water partition coefficient (Wildman–Crippen LogP) is 8.38. The summed E-state index contributed by atoms with van der Waals surface area (Å²) in [6.45, 7) is 0. The molecule has 0 nitrogen and oxygen atoms in total. The Balaban J connectivity index is 2.01. The van der Waals surface area contributed by atoms with Crippen LogP contribution in [-0.4, -0.2) is 0 Å². The van der Waals surface area contributed by atoms with Gasteiger partial charge in [0.05, 0.1) is 0 Å². The highest BCUT2D eigenvalue weighted by atomic mass is 127. The minimum absolute atomic E-state index is 0.173. The van der Waals surface area contributed by atoms with Gasteiger partial charge in [-0.1, -0.05) is 96.5 Å². The van der Waals surface area contributed by atoms with Gasteiger partial charge in [-0.2, -0.15) is 0 Å². The van der Waals surface area contributed by atoms with Crippen molar-refractivity contribution >= 4 is 63.9 Å². The van der Waals surface area contributed by atoms with Gasteiger partial charge in [0.25, 0.3) is 0 Å². The van der Waals surface area contributed by atoms with Crippen LogP contribution in [0.2, 0.25) is 5.02 Å². The number of benzene rings is 3. The first-order valence-electron chi connectivity index (χ1n) is 8.24. The number of allylic oxidation sites excluding steroid dienone is 2. The second-order valence-electron chi connectivity index (χ2n) is 5.84. The Morgan fingerprint density at radius 1 is 0.654 bits per heavy atom. The maximum Gasteiger partial charge on any atom is 0.0406 e. The first-order chi connectivity index (χ1) is 12.6. The lowest BCUT2D eigenvalue weighted by molar-refractivity contribution is 1.09. The smallest absolute Gasteiger partial charge is 0.0406 e. The topological polar surface area (TPSA) is 0 Å². The van der Waals surface area contributed by atoms with E-state index < -0.39 is 0 Å². The fraction of sp³-hybridized carbons (Fsp3) is 0.0435. The standard InChI is InChI=1S/C23H17ClI2/c24-21-13-11-17(12-14-21)20(15-22(25)18-7-3-1-4-8-18)16-23(26)19-9-5-2-6-10-19/h1-16,20H/b22-15-,23-16-. The molecule has 0 aromatic heterocycles. The van der Waals surface area contributed by atoms with Gasteiger partial charge in [-0.15, -0.1) is 0 Å². The molecule has 0 saturated heterocycles. The molecule has 0 heterocycles. The van der Waals surface area contributed by atoms with E-state index >= 15 is 0 Å². The van der Waals surface area contributed by atoms with Crippen LogP contribution in [0.4, 0.5) is 0 Å². The molecule has 3 aromatic carbocycles. The number of halogens is 3. The Bertz CT molecular complexity index is 842. The van der Waals surface area contributed by atoms with Gasteiger partial charge in [-0.25, -0.2) is 0 Å². The van der Waals surface area contributed by atoms with Crippen LogP contribution < -0.4 is 0 Å². The van der Waals surface area contributed by atoms with Crippen molar-refractivity contribution in [3.8, 4) is 0 Å². The average molecular weight is 583 g/mol. The molecule has 0 unspecified atom stereocenters. The summed E-state index contributed by atoms with van der Waals surface area (Å²) in [5, 5.41) is 0.760. The molecular formula is C23H17ClI2. The van der Waals surface area contributed by atoms with Gasteiger partial charge in [-0.05, 0) is 74.0 Å². The average Bonchev–Trinajstić information content (AvgIpc) is 2.69. The zero-order valence-corrected chi connectivity index (χ0v) is 19.0. The molecule has 3 aromatic rings. The van der Waals surface area contributed by atoms with E-state index in [0.29, 0.717) is 0 Å². The molecule has 0 N–H and O–H groups in total. The van der Waals surface area contributed by atoms with Crippen LogP contribution in [0.1, 0.15) is 22.6 Å². The Hall–Kier alpha value is -1.11. The van der Waals surface area contributed by atoms with E-state index in [-0.39, 0.29) is 5.92 Å². The maximum absolute atomic E-state index is 6.09. The van der Waals surface area contributed by atoms with E-state index in [0.717, 1.165) is 5.02 Å². The molecule has 0 fully saturated rings. The van der Waals surface area contributed by atoms with Crippen LogP contribution in [0.15, 0.2) is 97.1 Å². The Kier molecular flexibility index (Phi) is 7.34. The molecule has 0 aliphatic rings. The zero-order valence-electron chi connectivity index (χ0n) is 13.9. The second-order valence-corrected chi connectivity index (χ2v) is 8.60. The van der Waals surface area contributed by atoms with Crippen molar-refractivity contribution in [1.29, 1.82) is 0 Å². The highest BCUT2D eigenvalue weighted by Crippen LogP contribution is 2.33. The SMILES string of the molecule is Clc1ccc(C(/C=C(\I)c2ccccc2)/C=C(\I)c2ccccc2)cc1. The molecule has 3 heteroatoms. The van der Waals surface area contributed by atoms with E-state index in [2.05, 4.69) is 118 Å². The van der Waals surface area contributed by atoms with Gasteiger partial charge in [-0.3, -0.25) is 0 Å². The van der Waals surface area contributed by atoms with Crippen LogP contribution in [0, 0.1) is 0 Å². The van der Waals surface area contributed by atoms with Gasteiger partial charge < -0.3 is 0 Å². The van der Waals surface area contributed by atoms with Crippen LogP contribution >= 0.6 is 56.8 Å². The Morgan fingerprint density at radius 2 is 1.08 bits per heavy atom. The van der Waals surface area contributed by atoms with E-state index in [9.17, 15) is 0 Å². The highest BCUT2D eigenvalue weighted by molar-refractivity contribution is 14.1. The normalized spacial score (nSPS) is 12.5. The molecule has 26 heavy (non-hydrogen) atoms. The summed E-state index contributed by atoms with van der Waals surface area (Å²) in [6, 6.07) is 29.1. The lowest BCUT2D eigenvalue weighted by atomic mass is 9.96. The maximum atomic E-state index is 6.09. The zero-order chi connectivity index (χ0) is 18.4. The van der Waals surface area contributed by atoms with Crippen molar-refractivity contribution in [3.63, 3.8) is 0 Å². The van der Waals surface area contributed by atoms with Gasteiger partial charge in [0.15, 0.2) is 0 Å². The predicted molar refractivity (Wildman–Crippen MR) is 131 cm³/mol. The largest absolute Gasteiger partial charge is 0.0843 e. The van der Waals surface area contributed by atoms with Crippen LogP contribution in [0.5, 0.6) is 0 Å². The summed E-state index contributed by atoms with van der Waals surface area (Å²) in [7, 11) is 0. The van der Waals surface area contributed by atoms with E-state index in [1.165, 1.54) is 23.9 Å². The summed E-state index contributed by atoms with van der Waals surface area (Å²) < 4.78 is 2.47. The van der Waals surface area contributed by atoms with Gasteiger partial charge in [0.2, 0.25) is 0 Å². The summed E-state index contributed by atoms with van der Waals surface area (Å²) in [4.78, 5) is 0. The minimum Gasteiger partial charge on any atom is -0.0843 e. The number of rotatable bonds is 5. The lowest BCUT2D eigenvalue weighted by Crippen LogP contribution is -1.93. The molecule has 0 atom stereocenters. The molecule has 0 amide bonds. The van der Waals surface area contributed by atoms with Crippen molar-refractivity contribution in [2.45, 2.75) is 5.92 Å². The fourth-order valence-corrected chi connectivity index (χ4v) is 4.25. The van der Waals surface area contributed by atoms with Crippen molar-refractivity contribution in [3.05, 3.63) is 119 Å². The van der Waals surface area contributed by atoms with E-state index in [1.54, 1.807) is 0 Å².